The van der Waals surface area contributed by atoms with Crippen LogP contribution in [0.1, 0.15) is 44.8 Å². The van der Waals surface area contributed by atoms with E-state index < -0.39 is 0 Å². The minimum Gasteiger partial charge on any atom is -0.379 e. The zero-order chi connectivity index (χ0) is 20.6. The van der Waals surface area contributed by atoms with Crippen LogP contribution in [0.3, 0.4) is 0 Å². The summed E-state index contributed by atoms with van der Waals surface area (Å²) in [4.78, 5) is 9.84. The van der Waals surface area contributed by atoms with Crippen molar-refractivity contribution in [3.8, 4) is 0 Å². The molecule has 0 aromatic carbocycles. The molecule has 2 fully saturated rings. The lowest BCUT2D eigenvalue weighted by Crippen LogP contribution is -2.42. The molecule has 2 aliphatic heterocycles. The zero-order valence-electron chi connectivity index (χ0n) is 18.7. The van der Waals surface area contributed by atoms with Crippen molar-refractivity contribution >= 4 is 5.96 Å². The third-order valence-corrected chi connectivity index (χ3v) is 5.98. The Morgan fingerprint density at radius 1 is 1.24 bits per heavy atom. The van der Waals surface area contributed by atoms with Gasteiger partial charge in [-0.1, -0.05) is 13.8 Å². The fourth-order valence-corrected chi connectivity index (χ4v) is 4.21. The van der Waals surface area contributed by atoms with E-state index >= 15 is 0 Å². The number of aromatic nitrogens is 3. The van der Waals surface area contributed by atoms with E-state index in [0.717, 1.165) is 88.3 Å². The van der Waals surface area contributed by atoms with Crippen LogP contribution in [0.4, 0.5) is 0 Å². The normalized spacial score (nSPS) is 21.3. The Hall–Kier alpha value is -1.67. The molecule has 0 spiro atoms. The molecule has 0 saturated carbocycles. The van der Waals surface area contributed by atoms with E-state index in [2.05, 4.69) is 39.2 Å². The number of nitrogens with one attached hydrogen (secondary N) is 1. The number of guanidine groups is 1. The number of hydrogen-bond acceptors (Lipinski definition) is 5. The second kappa shape index (κ2) is 10.9. The van der Waals surface area contributed by atoms with Gasteiger partial charge in [-0.2, -0.15) is 0 Å². The highest BCUT2D eigenvalue weighted by Crippen LogP contribution is 2.23. The van der Waals surface area contributed by atoms with E-state index in [1.165, 1.54) is 12.8 Å². The number of likely N-dealkylation sites (tertiary alicyclic amines) is 1. The molecule has 1 unspecified atom stereocenters. The Morgan fingerprint density at radius 2 is 2.03 bits per heavy atom. The molecule has 2 aliphatic rings. The molecule has 29 heavy (non-hydrogen) atoms. The van der Waals surface area contributed by atoms with Crippen molar-refractivity contribution in [3.63, 3.8) is 0 Å². The molecular weight excluding hydrogens is 366 g/mol. The zero-order valence-corrected chi connectivity index (χ0v) is 18.7. The summed E-state index contributed by atoms with van der Waals surface area (Å²) in [5.74, 6) is 4.39. The van der Waals surface area contributed by atoms with Crippen molar-refractivity contribution in [1.82, 2.24) is 29.9 Å². The van der Waals surface area contributed by atoms with E-state index in [-0.39, 0.29) is 0 Å². The molecule has 3 heterocycles. The van der Waals surface area contributed by atoms with Gasteiger partial charge in [-0.25, -0.2) is 4.99 Å². The lowest BCUT2D eigenvalue weighted by Gasteiger charge is -2.27. The lowest BCUT2D eigenvalue weighted by atomic mass is 9.97. The molecule has 0 radical (unpaired) electrons. The summed E-state index contributed by atoms with van der Waals surface area (Å²) < 4.78 is 7.46. The van der Waals surface area contributed by atoms with Gasteiger partial charge < -0.3 is 19.5 Å². The summed E-state index contributed by atoms with van der Waals surface area (Å²) in [6.45, 7) is 15.2. The van der Waals surface area contributed by atoms with Crippen molar-refractivity contribution in [1.29, 1.82) is 0 Å². The number of nitrogens with zero attached hydrogens (tertiary/aromatic N) is 6. The first-order chi connectivity index (χ1) is 14.0. The van der Waals surface area contributed by atoms with Crippen LogP contribution in [0.15, 0.2) is 4.99 Å². The standard InChI is InChI=1S/C21H39N7O/c1-17(2)14-19-6-9-28(16-19)21(23-15-20-25-24-18(3)26(20)4)22-7-5-8-27-10-12-29-13-11-27/h17,19H,5-16H2,1-4H3,(H,22,23). The molecule has 0 bridgehead atoms. The number of ether oxygens (including phenoxy) is 1. The van der Waals surface area contributed by atoms with Gasteiger partial charge in [0.05, 0.1) is 13.2 Å². The Labute approximate surface area is 175 Å². The fraction of sp³-hybridized carbons (Fsp3) is 0.857. The molecule has 0 aliphatic carbocycles. The molecule has 1 atom stereocenters. The third kappa shape index (κ3) is 6.67. The van der Waals surface area contributed by atoms with E-state index in [9.17, 15) is 0 Å². The average molecular weight is 406 g/mol. The predicted molar refractivity (Wildman–Crippen MR) is 116 cm³/mol. The van der Waals surface area contributed by atoms with Gasteiger partial charge in [-0.3, -0.25) is 4.90 Å². The molecule has 8 heteroatoms. The maximum Gasteiger partial charge on any atom is 0.194 e. The lowest BCUT2D eigenvalue weighted by molar-refractivity contribution is 0.0375. The summed E-state index contributed by atoms with van der Waals surface area (Å²) in [6.07, 6.45) is 3.67. The number of hydrogen-bond donors (Lipinski definition) is 1. The van der Waals surface area contributed by atoms with Gasteiger partial charge in [-0.15, -0.1) is 10.2 Å². The van der Waals surface area contributed by atoms with E-state index in [1.807, 2.05) is 18.5 Å². The van der Waals surface area contributed by atoms with Crippen molar-refractivity contribution in [2.45, 2.75) is 46.6 Å². The van der Waals surface area contributed by atoms with Gasteiger partial charge >= 0.3 is 0 Å². The Bertz CT molecular complexity index is 651. The smallest absolute Gasteiger partial charge is 0.194 e. The summed E-state index contributed by atoms with van der Waals surface area (Å²) in [7, 11) is 2.00. The second-order valence-electron chi connectivity index (χ2n) is 8.83. The van der Waals surface area contributed by atoms with E-state index in [4.69, 9.17) is 9.73 Å². The van der Waals surface area contributed by atoms with Crippen LogP contribution >= 0.6 is 0 Å². The molecule has 2 saturated heterocycles. The van der Waals surface area contributed by atoms with Gasteiger partial charge in [0, 0.05) is 39.8 Å². The summed E-state index contributed by atoms with van der Waals surface area (Å²) in [5, 5.41) is 12.1. The molecule has 0 amide bonds. The first-order valence-electron chi connectivity index (χ1n) is 11.2. The highest BCUT2D eigenvalue weighted by molar-refractivity contribution is 5.80. The second-order valence-corrected chi connectivity index (χ2v) is 8.83. The number of morpholine rings is 1. The van der Waals surface area contributed by atoms with Gasteiger partial charge in [0.2, 0.25) is 0 Å². The van der Waals surface area contributed by atoms with Gasteiger partial charge in [0.25, 0.3) is 0 Å². The molecule has 1 aromatic rings. The molecule has 3 rings (SSSR count). The highest BCUT2D eigenvalue weighted by Gasteiger charge is 2.25. The number of aliphatic imine (C=N–C) groups is 1. The van der Waals surface area contributed by atoms with Crippen LogP contribution in [0.2, 0.25) is 0 Å². The minimum atomic E-state index is 0.564. The highest BCUT2D eigenvalue weighted by atomic mass is 16.5. The first-order valence-corrected chi connectivity index (χ1v) is 11.2. The molecule has 8 nitrogen and oxygen atoms in total. The van der Waals surface area contributed by atoms with Gasteiger partial charge in [0.1, 0.15) is 12.4 Å². The van der Waals surface area contributed by atoms with E-state index in [0.29, 0.717) is 6.54 Å². The van der Waals surface area contributed by atoms with Crippen LogP contribution in [-0.4, -0.2) is 83.0 Å². The van der Waals surface area contributed by atoms with Gasteiger partial charge in [0.15, 0.2) is 11.8 Å². The molecule has 1 N–H and O–H groups in total. The van der Waals surface area contributed by atoms with Gasteiger partial charge in [-0.05, 0) is 44.6 Å². The quantitative estimate of drug-likeness (QED) is 0.403. The minimum absolute atomic E-state index is 0.564. The monoisotopic (exact) mass is 405 g/mol. The summed E-state index contributed by atoms with van der Waals surface area (Å²) >= 11 is 0. The Kier molecular flexibility index (Phi) is 8.29. The summed E-state index contributed by atoms with van der Waals surface area (Å²) in [6, 6.07) is 0. The number of aryl methyl sites for hydroxylation is 1. The Balaban J connectivity index is 1.55. The maximum absolute atomic E-state index is 5.44. The largest absolute Gasteiger partial charge is 0.379 e. The van der Waals surface area contributed by atoms with E-state index in [1.54, 1.807) is 0 Å². The van der Waals surface area contributed by atoms with Crippen molar-refractivity contribution in [2.24, 2.45) is 23.9 Å². The van der Waals surface area contributed by atoms with Crippen molar-refractivity contribution in [3.05, 3.63) is 11.6 Å². The topological polar surface area (TPSA) is 70.8 Å². The molecule has 164 valence electrons. The Morgan fingerprint density at radius 3 is 2.72 bits per heavy atom. The van der Waals surface area contributed by atoms with Crippen LogP contribution < -0.4 is 5.32 Å². The average Bonchev–Trinajstić information content (AvgIpc) is 3.29. The molecule has 1 aromatic heterocycles. The van der Waals surface area contributed by atoms with Crippen LogP contribution in [0.5, 0.6) is 0 Å². The number of rotatable bonds is 8. The SMILES string of the molecule is Cc1nnc(CN=C(NCCCN2CCOCC2)N2CCC(CC(C)C)C2)n1C. The van der Waals surface area contributed by atoms with Crippen molar-refractivity contribution in [2.75, 3.05) is 52.5 Å². The van der Waals surface area contributed by atoms with Crippen molar-refractivity contribution < 1.29 is 4.74 Å². The summed E-state index contributed by atoms with van der Waals surface area (Å²) in [5.41, 5.74) is 0. The van der Waals surface area contributed by atoms with Crippen LogP contribution in [0.25, 0.3) is 0 Å². The maximum atomic E-state index is 5.44. The fourth-order valence-electron chi connectivity index (χ4n) is 4.21. The molecular formula is C21H39N7O. The first kappa shape index (κ1) is 22.0. The predicted octanol–water partition coefficient (Wildman–Crippen LogP) is 1.66. The third-order valence-electron chi connectivity index (χ3n) is 5.98. The van der Waals surface area contributed by atoms with Crippen LogP contribution in [-0.2, 0) is 18.3 Å². The van der Waals surface area contributed by atoms with Crippen LogP contribution in [0, 0.1) is 18.8 Å².